The molecule has 3 N–H and O–H groups in total. The van der Waals surface area contributed by atoms with Crippen molar-refractivity contribution in [3.8, 4) is 5.75 Å². The highest BCUT2D eigenvalue weighted by Crippen LogP contribution is 2.48. The van der Waals surface area contributed by atoms with Gasteiger partial charge < -0.3 is 15.3 Å². The molecule has 0 radical (unpaired) electrons. The molecule has 1 aliphatic heterocycles. The maximum atomic E-state index is 13.6. The van der Waals surface area contributed by atoms with Crippen molar-refractivity contribution in [2.24, 2.45) is 17.8 Å². The molecule has 1 aliphatic carbocycles. The summed E-state index contributed by atoms with van der Waals surface area (Å²) in [6.07, 6.45) is 5.25. The number of hydrogen-bond acceptors (Lipinski definition) is 5. The van der Waals surface area contributed by atoms with E-state index in [1.807, 2.05) is 18.2 Å². The normalized spacial score (nSPS) is 23.0. The smallest absolute Gasteiger partial charge is 0.238 e. The predicted octanol–water partition coefficient (Wildman–Crippen LogP) is 5.24. The number of aliphatic hydroxyl groups is 2. The zero-order valence-corrected chi connectivity index (χ0v) is 21.6. The van der Waals surface area contributed by atoms with Gasteiger partial charge in [-0.2, -0.15) is 0 Å². The molecule has 6 nitrogen and oxygen atoms in total. The van der Waals surface area contributed by atoms with E-state index in [9.17, 15) is 24.9 Å². The standard InChI is InChI=1S/C31H37NO5/c1-3-8-22-18-25-29(31(37)32(30(25)36)23-9-6-5-7-10-23)26(19-33)28(22)27(35)16-13-20(4-2)17-21-11-14-24(34)15-12-21/h5-7,9-12,14-15,17,25-27,29,33-35H,3-4,8,13,16,18-19H2,1-2H3/b20-17+/t25-,26+,27-,29-/m1/s1. The molecule has 1 fully saturated rings. The average Bonchev–Trinajstić information content (AvgIpc) is 3.16. The van der Waals surface area contributed by atoms with E-state index in [1.165, 1.54) is 10.5 Å². The molecule has 2 amide bonds. The van der Waals surface area contributed by atoms with E-state index in [0.717, 1.165) is 36.0 Å². The van der Waals surface area contributed by atoms with Crippen LogP contribution in [0.5, 0.6) is 5.75 Å². The summed E-state index contributed by atoms with van der Waals surface area (Å²) in [5, 5.41) is 31.5. The lowest BCUT2D eigenvalue weighted by Gasteiger charge is -2.36. The fraction of sp³-hybridized carbons (Fsp3) is 0.419. The molecule has 196 valence electrons. The van der Waals surface area contributed by atoms with Crippen molar-refractivity contribution in [3.63, 3.8) is 0 Å². The Balaban J connectivity index is 1.59. The molecule has 0 unspecified atom stereocenters. The molecule has 0 spiro atoms. The third-order valence-corrected chi connectivity index (χ3v) is 7.76. The van der Waals surface area contributed by atoms with E-state index in [2.05, 4.69) is 19.9 Å². The van der Waals surface area contributed by atoms with Crippen molar-refractivity contribution in [2.45, 2.75) is 58.5 Å². The number of para-hydroxylation sites is 1. The van der Waals surface area contributed by atoms with Gasteiger partial charge in [0.05, 0.1) is 30.2 Å². The molecule has 37 heavy (non-hydrogen) atoms. The molecule has 1 heterocycles. The zero-order valence-electron chi connectivity index (χ0n) is 21.6. The van der Waals surface area contributed by atoms with Crippen LogP contribution in [0.2, 0.25) is 0 Å². The number of allylic oxidation sites excluding steroid dienone is 2. The number of carbonyl (C=O) groups excluding carboxylic acids is 2. The number of imide groups is 1. The molecule has 6 heteroatoms. The van der Waals surface area contributed by atoms with Crippen molar-refractivity contribution in [2.75, 3.05) is 11.5 Å². The Labute approximate surface area is 218 Å². The second-order valence-electron chi connectivity index (χ2n) is 10.1. The van der Waals surface area contributed by atoms with Crippen LogP contribution < -0.4 is 4.90 Å². The summed E-state index contributed by atoms with van der Waals surface area (Å²) in [7, 11) is 0. The molecule has 0 bridgehead atoms. The maximum Gasteiger partial charge on any atom is 0.238 e. The number of rotatable bonds is 10. The fourth-order valence-corrected chi connectivity index (χ4v) is 5.96. The Hall–Kier alpha value is -3.22. The monoisotopic (exact) mass is 503 g/mol. The highest BCUT2D eigenvalue weighted by atomic mass is 16.3. The van der Waals surface area contributed by atoms with E-state index in [1.54, 1.807) is 36.4 Å². The molecule has 0 aromatic heterocycles. The molecule has 2 aromatic rings. The number of hydrogen-bond donors (Lipinski definition) is 3. The summed E-state index contributed by atoms with van der Waals surface area (Å²) in [4.78, 5) is 28.2. The number of aromatic hydroxyl groups is 1. The van der Waals surface area contributed by atoms with Gasteiger partial charge in [0.1, 0.15) is 5.75 Å². The first-order valence-corrected chi connectivity index (χ1v) is 13.3. The van der Waals surface area contributed by atoms with Gasteiger partial charge >= 0.3 is 0 Å². The van der Waals surface area contributed by atoms with Gasteiger partial charge in [-0.3, -0.25) is 14.5 Å². The minimum absolute atomic E-state index is 0.216. The van der Waals surface area contributed by atoms with Crippen molar-refractivity contribution >= 4 is 23.6 Å². The third-order valence-electron chi connectivity index (χ3n) is 7.76. The van der Waals surface area contributed by atoms with Crippen LogP contribution in [0.3, 0.4) is 0 Å². The van der Waals surface area contributed by atoms with Gasteiger partial charge in [-0.15, -0.1) is 0 Å². The maximum absolute atomic E-state index is 13.6. The van der Waals surface area contributed by atoms with Crippen molar-refractivity contribution < 1.29 is 24.9 Å². The lowest BCUT2D eigenvalue weighted by Crippen LogP contribution is -2.39. The largest absolute Gasteiger partial charge is 0.508 e. The summed E-state index contributed by atoms with van der Waals surface area (Å²) < 4.78 is 0. The lowest BCUT2D eigenvalue weighted by atomic mass is 9.67. The van der Waals surface area contributed by atoms with Gasteiger partial charge in [-0.05, 0) is 67.5 Å². The minimum atomic E-state index is -0.803. The van der Waals surface area contributed by atoms with E-state index in [4.69, 9.17) is 0 Å². The first-order chi connectivity index (χ1) is 17.9. The summed E-state index contributed by atoms with van der Waals surface area (Å²) in [5.74, 6) is -2.04. The first kappa shape index (κ1) is 26.8. The van der Waals surface area contributed by atoms with Crippen molar-refractivity contribution in [1.82, 2.24) is 0 Å². The number of anilines is 1. The van der Waals surface area contributed by atoms with Gasteiger partial charge in [0.25, 0.3) is 0 Å². The summed E-state index contributed by atoms with van der Waals surface area (Å²) >= 11 is 0. The van der Waals surface area contributed by atoms with Gasteiger partial charge in [-0.25, -0.2) is 0 Å². The highest BCUT2D eigenvalue weighted by Gasteiger charge is 2.55. The summed E-state index contributed by atoms with van der Waals surface area (Å²) in [5.41, 5.74) is 4.46. The fourth-order valence-electron chi connectivity index (χ4n) is 5.96. The van der Waals surface area contributed by atoms with Crippen molar-refractivity contribution in [1.29, 1.82) is 0 Å². The molecular formula is C31H37NO5. The van der Waals surface area contributed by atoms with Crippen LogP contribution in [0.25, 0.3) is 6.08 Å². The van der Waals surface area contributed by atoms with Crippen LogP contribution in [0.4, 0.5) is 5.69 Å². The molecule has 1 saturated heterocycles. The predicted molar refractivity (Wildman–Crippen MR) is 145 cm³/mol. The SMILES string of the molecule is CCCC1=C([C@H](O)CC/C(=C/c2ccc(O)cc2)CC)[C@H](CO)[C@@H]2C(=O)N(c3ccccc3)C(=O)[C@@H]2C1. The van der Waals surface area contributed by atoms with Crippen LogP contribution in [-0.2, 0) is 9.59 Å². The number of nitrogens with zero attached hydrogens (tertiary/aromatic N) is 1. The van der Waals surface area contributed by atoms with Crippen LogP contribution in [-0.4, -0.2) is 39.8 Å². The molecule has 0 saturated carbocycles. The second kappa shape index (κ2) is 11.9. The van der Waals surface area contributed by atoms with E-state index >= 15 is 0 Å². The Morgan fingerprint density at radius 1 is 1.05 bits per heavy atom. The molecule has 4 atom stereocenters. The van der Waals surface area contributed by atoms with Gasteiger partial charge in [0, 0.05) is 5.92 Å². The van der Waals surface area contributed by atoms with Gasteiger partial charge in [0.15, 0.2) is 0 Å². The van der Waals surface area contributed by atoms with Gasteiger partial charge in [-0.1, -0.05) is 67.8 Å². The Kier molecular flexibility index (Phi) is 8.62. The Bertz CT molecular complexity index is 1170. The highest BCUT2D eigenvalue weighted by molar-refractivity contribution is 6.22. The van der Waals surface area contributed by atoms with E-state index < -0.39 is 23.9 Å². The van der Waals surface area contributed by atoms with Crippen LogP contribution in [0, 0.1) is 17.8 Å². The number of carbonyl (C=O) groups is 2. The number of benzene rings is 2. The molecule has 2 aliphatic rings. The van der Waals surface area contributed by atoms with Crippen LogP contribution >= 0.6 is 0 Å². The molecule has 4 rings (SSSR count). The average molecular weight is 504 g/mol. The summed E-state index contributed by atoms with van der Waals surface area (Å²) in [6, 6.07) is 16.0. The number of aliphatic hydroxyl groups excluding tert-OH is 2. The number of fused-ring (bicyclic) bond motifs is 1. The van der Waals surface area contributed by atoms with Crippen LogP contribution in [0.1, 0.15) is 57.9 Å². The lowest BCUT2D eigenvalue weighted by molar-refractivity contribution is -0.123. The zero-order chi connectivity index (χ0) is 26.5. The van der Waals surface area contributed by atoms with E-state index in [0.29, 0.717) is 24.9 Å². The molecule has 2 aromatic carbocycles. The number of amides is 2. The summed E-state index contributed by atoms with van der Waals surface area (Å²) in [6.45, 7) is 3.85. The molecular weight excluding hydrogens is 466 g/mol. The quantitative estimate of drug-likeness (QED) is 0.304. The first-order valence-electron chi connectivity index (χ1n) is 13.3. The Morgan fingerprint density at radius 2 is 1.76 bits per heavy atom. The number of phenolic OH excluding ortho intramolecular Hbond substituents is 1. The minimum Gasteiger partial charge on any atom is -0.508 e. The third kappa shape index (κ3) is 5.55. The number of phenols is 1. The second-order valence-corrected chi connectivity index (χ2v) is 10.1. The van der Waals surface area contributed by atoms with E-state index in [-0.39, 0.29) is 24.2 Å². The van der Waals surface area contributed by atoms with Crippen LogP contribution in [0.15, 0.2) is 71.3 Å². The Morgan fingerprint density at radius 3 is 2.38 bits per heavy atom. The van der Waals surface area contributed by atoms with Gasteiger partial charge in [0.2, 0.25) is 11.8 Å². The topological polar surface area (TPSA) is 98.1 Å². The van der Waals surface area contributed by atoms with Crippen molar-refractivity contribution in [3.05, 3.63) is 76.9 Å².